The number of hydrogen-bond donors (Lipinski definition) is 1. The summed E-state index contributed by atoms with van der Waals surface area (Å²) in [5.41, 5.74) is 1.88. The van der Waals surface area contributed by atoms with Crippen LogP contribution in [0.5, 0.6) is 11.5 Å². The highest BCUT2D eigenvalue weighted by Gasteiger charge is 2.22. The van der Waals surface area contributed by atoms with Gasteiger partial charge in [0.2, 0.25) is 0 Å². The summed E-state index contributed by atoms with van der Waals surface area (Å²) < 4.78 is 37.8. The summed E-state index contributed by atoms with van der Waals surface area (Å²) >= 11 is 0. The molecule has 0 spiro atoms. The Hall–Kier alpha value is -3.56. The van der Waals surface area contributed by atoms with Crippen LogP contribution in [-0.2, 0) is 10.0 Å². The lowest BCUT2D eigenvalue weighted by Crippen LogP contribution is -2.34. The number of nitrogens with zero attached hydrogens (tertiary/aromatic N) is 2. The molecule has 0 aliphatic rings. The van der Waals surface area contributed by atoms with Gasteiger partial charge in [-0.2, -0.15) is 0 Å². The van der Waals surface area contributed by atoms with Crippen LogP contribution in [0.3, 0.4) is 0 Å². The third-order valence-electron chi connectivity index (χ3n) is 5.77. The number of sulfonamides is 1. The first-order chi connectivity index (χ1) is 16.7. The van der Waals surface area contributed by atoms with E-state index in [1.807, 2.05) is 43.3 Å². The summed E-state index contributed by atoms with van der Waals surface area (Å²) in [6.45, 7) is 0.345. The Labute approximate surface area is 207 Å². The van der Waals surface area contributed by atoms with Gasteiger partial charge in [-0.3, -0.25) is 9.10 Å². The van der Waals surface area contributed by atoms with E-state index in [-0.39, 0.29) is 16.8 Å². The zero-order valence-electron chi connectivity index (χ0n) is 20.6. The average molecular weight is 498 g/mol. The molecule has 9 heteroatoms. The molecule has 3 rings (SSSR count). The number of nitrogens with one attached hydrogen (secondary N) is 1. The molecule has 0 radical (unpaired) electrons. The van der Waals surface area contributed by atoms with Crippen LogP contribution >= 0.6 is 0 Å². The fourth-order valence-corrected chi connectivity index (χ4v) is 4.86. The number of amides is 1. The third kappa shape index (κ3) is 5.93. The molecule has 186 valence electrons. The van der Waals surface area contributed by atoms with Crippen LogP contribution in [0.4, 0.5) is 5.69 Å². The highest BCUT2D eigenvalue weighted by atomic mass is 32.2. The molecule has 1 atom stereocenters. The number of benzene rings is 3. The fourth-order valence-electron chi connectivity index (χ4n) is 3.66. The molecular formula is C26H31N3O5S. The molecular weight excluding hydrogens is 466 g/mol. The van der Waals surface area contributed by atoms with Crippen molar-refractivity contribution in [2.24, 2.45) is 0 Å². The second kappa shape index (κ2) is 11.2. The minimum Gasteiger partial charge on any atom is -0.493 e. The second-order valence-electron chi connectivity index (χ2n) is 8.14. The zero-order chi connectivity index (χ0) is 25.6. The van der Waals surface area contributed by atoms with E-state index in [9.17, 15) is 13.2 Å². The third-order valence-corrected chi connectivity index (χ3v) is 7.57. The van der Waals surface area contributed by atoms with Crippen molar-refractivity contribution in [2.75, 3.05) is 46.2 Å². The summed E-state index contributed by atoms with van der Waals surface area (Å²) in [5, 5.41) is 2.94. The Kier molecular flexibility index (Phi) is 8.37. The lowest BCUT2D eigenvalue weighted by atomic mass is 10.0. The smallest absolute Gasteiger partial charge is 0.264 e. The Bertz CT molecular complexity index is 1250. The quantitative estimate of drug-likeness (QED) is 0.461. The topological polar surface area (TPSA) is 88.2 Å². The monoisotopic (exact) mass is 497 g/mol. The van der Waals surface area contributed by atoms with Crippen molar-refractivity contribution in [3.05, 3.63) is 83.9 Å². The second-order valence-corrected chi connectivity index (χ2v) is 10.1. The van der Waals surface area contributed by atoms with Crippen LogP contribution in [0.15, 0.2) is 77.7 Å². The highest BCUT2D eigenvalue weighted by molar-refractivity contribution is 7.92. The highest BCUT2D eigenvalue weighted by Crippen LogP contribution is 2.31. The van der Waals surface area contributed by atoms with Gasteiger partial charge in [-0.15, -0.1) is 0 Å². The van der Waals surface area contributed by atoms with E-state index in [1.54, 1.807) is 38.5 Å². The molecule has 35 heavy (non-hydrogen) atoms. The van der Waals surface area contributed by atoms with Gasteiger partial charge in [-0.25, -0.2) is 8.42 Å². The molecule has 0 aromatic heterocycles. The largest absolute Gasteiger partial charge is 0.493 e. The molecule has 0 fully saturated rings. The van der Waals surface area contributed by atoms with Gasteiger partial charge in [0.1, 0.15) is 0 Å². The molecule has 0 heterocycles. The molecule has 0 bridgehead atoms. The first kappa shape index (κ1) is 26.1. The van der Waals surface area contributed by atoms with Crippen LogP contribution in [0, 0.1) is 0 Å². The van der Waals surface area contributed by atoms with Crippen LogP contribution < -0.4 is 19.1 Å². The minimum absolute atomic E-state index is 0.108. The summed E-state index contributed by atoms with van der Waals surface area (Å²) in [6.07, 6.45) is 0. The SMILES string of the molecule is COc1ccc(C(CNC(=O)c2ccc(S(=O)(=O)N(C)c3ccccc3)cc2)N(C)C)cc1OC. The summed E-state index contributed by atoms with van der Waals surface area (Å²) in [6, 6.07) is 20.3. The van der Waals surface area contributed by atoms with Gasteiger partial charge in [0.25, 0.3) is 15.9 Å². The molecule has 0 saturated carbocycles. The van der Waals surface area contributed by atoms with E-state index in [1.165, 1.54) is 35.6 Å². The maximum Gasteiger partial charge on any atom is 0.264 e. The number of para-hydroxylation sites is 1. The van der Waals surface area contributed by atoms with Crippen molar-refractivity contribution in [1.29, 1.82) is 0 Å². The van der Waals surface area contributed by atoms with Crippen LogP contribution in [0.25, 0.3) is 0 Å². The zero-order valence-corrected chi connectivity index (χ0v) is 21.4. The molecule has 8 nitrogen and oxygen atoms in total. The average Bonchev–Trinajstić information content (AvgIpc) is 2.88. The van der Waals surface area contributed by atoms with Gasteiger partial charge >= 0.3 is 0 Å². The van der Waals surface area contributed by atoms with Crippen molar-refractivity contribution in [3.8, 4) is 11.5 Å². The van der Waals surface area contributed by atoms with Crippen molar-refractivity contribution >= 4 is 21.6 Å². The van der Waals surface area contributed by atoms with E-state index in [4.69, 9.17) is 9.47 Å². The normalized spacial score (nSPS) is 12.2. The maximum atomic E-state index is 13.0. The van der Waals surface area contributed by atoms with E-state index < -0.39 is 10.0 Å². The predicted octanol–water partition coefficient (Wildman–Crippen LogP) is 3.56. The number of rotatable bonds is 10. The van der Waals surface area contributed by atoms with Crippen LogP contribution in [-0.4, -0.2) is 61.1 Å². The molecule has 0 saturated heterocycles. The van der Waals surface area contributed by atoms with Gasteiger partial charge < -0.3 is 19.7 Å². The van der Waals surface area contributed by atoms with Crippen molar-refractivity contribution in [2.45, 2.75) is 10.9 Å². The van der Waals surface area contributed by atoms with Crippen molar-refractivity contribution < 1.29 is 22.7 Å². The van der Waals surface area contributed by atoms with E-state index in [2.05, 4.69) is 5.32 Å². The summed E-state index contributed by atoms with van der Waals surface area (Å²) in [5.74, 6) is 0.948. The summed E-state index contributed by atoms with van der Waals surface area (Å²) in [4.78, 5) is 14.9. The molecule has 1 unspecified atom stereocenters. The molecule has 3 aromatic rings. The van der Waals surface area contributed by atoms with Crippen molar-refractivity contribution in [1.82, 2.24) is 10.2 Å². The molecule has 1 N–H and O–H groups in total. The Morgan fingerprint density at radius 2 is 1.51 bits per heavy atom. The van der Waals surface area contributed by atoms with Gasteiger partial charge in [-0.05, 0) is 68.2 Å². The Morgan fingerprint density at radius 1 is 0.886 bits per heavy atom. The number of ether oxygens (including phenoxy) is 2. The number of likely N-dealkylation sites (N-methyl/N-ethyl adjacent to an activating group) is 1. The van der Waals surface area contributed by atoms with E-state index >= 15 is 0 Å². The lowest BCUT2D eigenvalue weighted by molar-refractivity contribution is 0.0941. The number of anilines is 1. The first-order valence-electron chi connectivity index (χ1n) is 11.0. The van der Waals surface area contributed by atoms with E-state index in [0.29, 0.717) is 29.3 Å². The number of hydrogen-bond acceptors (Lipinski definition) is 6. The molecule has 0 aliphatic heterocycles. The first-order valence-corrected chi connectivity index (χ1v) is 12.4. The van der Waals surface area contributed by atoms with Gasteiger partial charge in [-0.1, -0.05) is 24.3 Å². The number of carbonyl (C=O) groups is 1. The van der Waals surface area contributed by atoms with Crippen LogP contribution in [0.2, 0.25) is 0 Å². The number of methoxy groups -OCH3 is 2. The Balaban J connectivity index is 1.72. The molecule has 3 aromatic carbocycles. The molecule has 1 amide bonds. The fraction of sp³-hybridized carbons (Fsp3) is 0.269. The van der Waals surface area contributed by atoms with Crippen LogP contribution in [0.1, 0.15) is 22.0 Å². The maximum absolute atomic E-state index is 13.0. The van der Waals surface area contributed by atoms with Gasteiger partial charge in [0.05, 0.1) is 30.8 Å². The minimum atomic E-state index is -3.75. The lowest BCUT2D eigenvalue weighted by Gasteiger charge is -2.26. The van der Waals surface area contributed by atoms with Crippen molar-refractivity contribution in [3.63, 3.8) is 0 Å². The summed E-state index contributed by atoms with van der Waals surface area (Å²) in [7, 11) is 4.77. The molecule has 0 aliphatic carbocycles. The van der Waals surface area contributed by atoms with Gasteiger partial charge in [0, 0.05) is 19.2 Å². The van der Waals surface area contributed by atoms with E-state index in [0.717, 1.165) is 5.56 Å². The number of carbonyl (C=O) groups excluding carboxylic acids is 1. The predicted molar refractivity (Wildman–Crippen MR) is 137 cm³/mol. The Morgan fingerprint density at radius 3 is 2.09 bits per heavy atom. The van der Waals surface area contributed by atoms with Gasteiger partial charge in [0.15, 0.2) is 11.5 Å². The standard InChI is InChI=1S/C26H31N3O5S/c1-28(2)23(20-13-16-24(33-4)25(17-20)34-5)18-27-26(30)19-11-14-22(15-12-19)35(31,32)29(3)21-9-7-6-8-10-21/h6-17,23H,18H2,1-5H3,(H,27,30).